The average Bonchev–Trinajstić information content (AvgIpc) is 3.06. The molecule has 3 nitrogen and oxygen atoms in total. The molecular weight excluding hydrogens is 248 g/mol. The van der Waals surface area contributed by atoms with Crippen LogP contribution in [0, 0.1) is 11.3 Å². The molecule has 1 unspecified atom stereocenters. The largest absolute Gasteiger partial charge is 0.325 e. The quantitative estimate of drug-likeness (QED) is 0.840. The molecule has 3 fully saturated rings. The molecule has 1 aliphatic heterocycles. The van der Waals surface area contributed by atoms with Gasteiger partial charge in [-0.25, -0.2) is 0 Å². The van der Waals surface area contributed by atoms with E-state index in [1.165, 1.54) is 38.5 Å². The second kappa shape index (κ2) is 5.01. The van der Waals surface area contributed by atoms with Crippen LogP contribution in [0.25, 0.3) is 0 Å². The zero-order chi connectivity index (χ0) is 14.4. The van der Waals surface area contributed by atoms with Gasteiger partial charge in [0.1, 0.15) is 0 Å². The second-order valence-electron chi connectivity index (χ2n) is 8.42. The lowest BCUT2D eigenvalue weighted by molar-refractivity contribution is -0.134. The van der Waals surface area contributed by atoms with Crippen molar-refractivity contribution in [2.75, 3.05) is 6.54 Å². The van der Waals surface area contributed by atoms with Gasteiger partial charge in [-0.3, -0.25) is 10.1 Å². The molecule has 1 saturated heterocycles. The number of hydrogen-bond donors (Lipinski definition) is 1. The first-order chi connectivity index (χ1) is 9.41. The first-order valence-electron chi connectivity index (χ1n) is 8.50. The van der Waals surface area contributed by atoms with E-state index in [9.17, 15) is 4.79 Å². The van der Waals surface area contributed by atoms with Crippen molar-refractivity contribution in [1.82, 2.24) is 10.2 Å². The van der Waals surface area contributed by atoms with E-state index < -0.39 is 0 Å². The summed E-state index contributed by atoms with van der Waals surface area (Å²) in [6.45, 7) is 7.62. The number of hydrogen-bond acceptors (Lipinski definition) is 2. The third kappa shape index (κ3) is 2.49. The summed E-state index contributed by atoms with van der Waals surface area (Å²) >= 11 is 0. The van der Waals surface area contributed by atoms with E-state index >= 15 is 0 Å². The van der Waals surface area contributed by atoms with E-state index in [0.717, 1.165) is 19.4 Å². The molecule has 0 bridgehead atoms. The summed E-state index contributed by atoms with van der Waals surface area (Å²) in [4.78, 5) is 15.2. The summed E-state index contributed by atoms with van der Waals surface area (Å²) in [6, 6.07) is 0. The molecule has 0 radical (unpaired) electrons. The lowest BCUT2D eigenvalue weighted by Crippen LogP contribution is -2.46. The maximum Gasteiger partial charge on any atom is 0.244 e. The third-order valence-corrected chi connectivity index (χ3v) is 5.38. The van der Waals surface area contributed by atoms with Gasteiger partial charge in [-0.1, -0.05) is 46.5 Å². The zero-order valence-electron chi connectivity index (χ0n) is 13.4. The van der Waals surface area contributed by atoms with Crippen molar-refractivity contribution in [3.8, 4) is 0 Å². The van der Waals surface area contributed by atoms with Crippen molar-refractivity contribution in [2.24, 2.45) is 11.3 Å². The number of carbonyl (C=O) groups is 1. The predicted octanol–water partition coefficient (Wildman–Crippen LogP) is 3.29. The van der Waals surface area contributed by atoms with Gasteiger partial charge in [-0.05, 0) is 37.0 Å². The monoisotopic (exact) mass is 278 g/mol. The van der Waals surface area contributed by atoms with Gasteiger partial charge >= 0.3 is 0 Å². The minimum Gasteiger partial charge on any atom is -0.325 e. The molecule has 3 heteroatoms. The van der Waals surface area contributed by atoms with Crippen molar-refractivity contribution in [3.05, 3.63) is 0 Å². The normalized spacial score (nSPS) is 30.9. The van der Waals surface area contributed by atoms with Crippen molar-refractivity contribution in [2.45, 2.75) is 83.8 Å². The Hall–Kier alpha value is -0.570. The van der Waals surface area contributed by atoms with Crippen molar-refractivity contribution in [3.63, 3.8) is 0 Å². The van der Waals surface area contributed by atoms with E-state index in [4.69, 9.17) is 0 Å². The van der Waals surface area contributed by atoms with E-state index in [0.29, 0.717) is 18.0 Å². The second-order valence-corrected chi connectivity index (χ2v) is 8.42. The third-order valence-electron chi connectivity index (χ3n) is 5.38. The fraction of sp³-hybridized carbons (Fsp3) is 0.941. The van der Waals surface area contributed by atoms with Crippen LogP contribution < -0.4 is 5.32 Å². The zero-order valence-corrected chi connectivity index (χ0v) is 13.4. The average molecular weight is 278 g/mol. The predicted molar refractivity (Wildman–Crippen MR) is 81.2 cm³/mol. The summed E-state index contributed by atoms with van der Waals surface area (Å²) in [7, 11) is 0. The van der Waals surface area contributed by atoms with Crippen molar-refractivity contribution in [1.29, 1.82) is 0 Å². The molecule has 0 aromatic carbocycles. The molecule has 20 heavy (non-hydrogen) atoms. The molecule has 3 aliphatic rings. The Morgan fingerprint density at radius 3 is 2.30 bits per heavy atom. The number of amides is 1. The summed E-state index contributed by atoms with van der Waals surface area (Å²) in [5, 5.41) is 3.81. The Bertz CT molecular complexity index is 373. The summed E-state index contributed by atoms with van der Waals surface area (Å²) < 4.78 is 0. The van der Waals surface area contributed by atoms with Crippen LogP contribution in [-0.4, -0.2) is 29.1 Å². The molecular formula is C17H30N2O. The van der Waals surface area contributed by atoms with Crippen LogP contribution in [0.3, 0.4) is 0 Å². The van der Waals surface area contributed by atoms with Gasteiger partial charge in [0.05, 0.1) is 11.7 Å². The minimum atomic E-state index is -0.196. The van der Waals surface area contributed by atoms with Crippen molar-refractivity contribution >= 4 is 5.91 Å². The minimum absolute atomic E-state index is 0.179. The van der Waals surface area contributed by atoms with E-state index in [-0.39, 0.29) is 11.0 Å². The Labute approximate surface area is 123 Å². The maximum atomic E-state index is 13.0. The molecule has 0 aromatic heterocycles. The topological polar surface area (TPSA) is 32.3 Å². The summed E-state index contributed by atoms with van der Waals surface area (Å²) in [5.41, 5.74) is -0.0170. The molecule has 1 heterocycles. The summed E-state index contributed by atoms with van der Waals surface area (Å²) in [5.74, 6) is 1.09. The summed E-state index contributed by atoms with van der Waals surface area (Å²) in [6.07, 6.45) is 10.1. The molecule has 0 aromatic rings. The van der Waals surface area contributed by atoms with Gasteiger partial charge in [0.25, 0.3) is 0 Å². The highest BCUT2D eigenvalue weighted by molar-refractivity contribution is 5.89. The Kier molecular flexibility index (Phi) is 3.60. The fourth-order valence-corrected chi connectivity index (χ4v) is 4.49. The van der Waals surface area contributed by atoms with Gasteiger partial charge in [0.15, 0.2) is 0 Å². The van der Waals surface area contributed by atoms with E-state index in [2.05, 4.69) is 31.0 Å². The van der Waals surface area contributed by atoms with Gasteiger partial charge in [-0.15, -0.1) is 0 Å². The Morgan fingerprint density at radius 2 is 1.75 bits per heavy atom. The fourth-order valence-electron chi connectivity index (χ4n) is 4.49. The van der Waals surface area contributed by atoms with Crippen LogP contribution >= 0.6 is 0 Å². The maximum absolute atomic E-state index is 13.0. The van der Waals surface area contributed by atoms with Gasteiger partial charge in [0.2, 0.25) is 5.91 Å². The van der Waals surface area contributed by atoms with Crippen LogP contribution in [-0.2, 0) is 4.79 Å². The molecule has 2 saturated carbocycles. The molecule has 114 valence electrons. The van der Waals surface area contributed by atoms with Gasteiger partial charge in [0, 0.05) is 6.54 Å². The van der Waals surface area contributed by atoms with Crippen LogP contribution in [0.2, 0.25) is 0 Å². The van der Waals surface area contributed by atoms with Crippen LogP contribution in [0.5, 0.6) is 0 Å². The molecule has 1 amide bonds. The SMILES string of the molecule is CC(C)(C)CN1C(=O)C2(CCCC2)NC1C1CCCC1. The molecule has 1 N–H and O–H groups in total. The highest BCUT2D eigenvalue weighted by atomic mass is 16.2. The highest BCUT2D eigenvalue weighted by Crippen LogP contribution is 2.41. The molecule has 1 spiro atoms. The van der Waals surface area contributed by atoms with Crippen LogP contribution in [0.4, 0.5) is 0 Å². The van der Waals surface area contributed by atoms with E-state index in [1.807, 2.05) is 0 Å². The Morgan fingerprint density at radius 1 is 1.15 bits per heavy atom. The van der Waals surface area contributed by atoms with Crippen molar-refractivity contribution < 1.29 is 4.79 Å². The van der Waals surface area contributed by atoms with Crippen LogP contribution in [0.1, 0.15) is 72.1 Å². The van der Waals surface area contributed by atoms with Gasteiger partial charge in [-0.2, -0.15) is 0 Å². The standard InChI is InChI=1S/C17H30N2O/c1-16(2,3)12-19-14(13-8-4-5-9-13)18-17(15(19)20)10-6-7-11-17/h13-14,18H,4-12H2,1-3H3. The lowest BCUT2D eigenvalue weighted by atomic mass is 9.93. The van der Waals surface area contributed by atoms with Crippen LogP contribution in [0.15, 0.2) is 0 Å². The highest BCUT2D eigenvalue weighted by Gasteiger charge is 2.54. The first kappa shape index (κ1) is 14.4. The smallest absolute Gasteiger partial charge is 0.244 e. The molecule has 2 aliphatic carbocycles. The first-order valence-corrected chi connectivity index (χ1v) is 8.50. The number of rotatable bonds is 2. The molecule has 1 atom stereocenters. The van der Waals surface area contributed by atoms with Gasteiger partial charge < -0.3 is 4.90 Å². The lowest BCUT2D eigenvalue weighted by Gasteiger charge is -2.33. The number of nitrogens with one attached hydrogen (secondary N) is 1. The Balaban J connectivity index is 1.83. The van der Waals surface area contributed by atoms with E-state index in [1.54, 1.807) is 0 Å². The molecule has 3 rings (SSSR count). The number of nitrogens with zero attached hydrogens (tertiary/aromatic N) is 1. The number of carbonyl (C=O) groups excluding carboxylic acids is 1.